The number of anilines is 1. The molecule has 2 rings (SSSR count). The second-order valence-corrected chi connectivity index (χ2v) is 6.19. The van der Waals surface area contributed by atoms with Gasteiger partial charge in [-0.3, -0.25) is 14.9 Å². The summed E-state index contributed by atoms with van der Waals surface area (Å²) in [6.45, 7) is 1.74. The summed E-state index contributed by atoms with van der Waals surface area (Å²) in [7, 11) is 3.04. The number of nitrogens with zero attached hydrogens (tertiary/aromatic N) is 1. The Balaban J connectivity index is 2.21. The van der Waals surface area contributed by atoms with Gasteiger partial charge >= 0.3 is 0 Å². The van der Waals surface area contributed by atoms with Crippen LogP contribution in [-0.4, -0.2) is 25.1 Å². The fourth-order valence-corrected chi connectivity index (χ4v) is 2.90. The Morgan fingerprint density at radius 1 is 1.23 bits per heavy atom. The van der Waals surface area contributed by atoms with Crippen LogP contribution in [0, 0.1) is 17.0 Å². The maximum Gasteiger partial charge on any atom is 0.293 e. The minimum absolute atomic E-state index is 0.142. The number of hydrogen-bond donors (Lipinski definition) is 1. The fourth-order valence-electron chi connectivity index (χ4n) is 2.28. The van der Waals surface area contributed by atoms with Gasteiger partial charge in [-0.05, 0) is 58.3 Å². The van der Waals surface area contributed by atoms with Gasteiger partial charge in [-0.25, -0.2) is 0 Å². The Kier molecular flexibility index (Phi) is 6.35. The number of ether oxygens (including phenoxy) is 2. The summed E-state index contributed by atoms with van der Waals surface area (Å²) < 4.78 is 11.2. The van der Waals surface area contributed by atoms with Crippen LogP contribution in [0.15, 0.2) is 40.9 Å². The van der Waals surface area contributed by atoms with Gasteiger partial charge in [0.1, 0.15) is 5.69 Å². The Morgan fingerprint density at radius 2 is 1.96 bits per heavy atom. The van der Waals surface area contributed by atoms with Crippen molar-refractivity contribution in [1.82, 2.24) is 0 Å². The lowest BCUT2D eigenvalue weighted by Crippen LogP contribution is -2.09. The molecule has 2 aromatic carbocycles. The largest absolute Gasteiger partial charge is 0.493 e. The van der Waals surface area contributed by atoms with E-state index in [1.165, 1.54) is 32.4 Å². The number of amides is 1. The summed E-state index contributed by atoms with van der Waals surface area (Å²) in [6.07, 6.45) is 2.86. The lowest BCUT2D eigenvalue weighted by Gasteiger charge is -2.10. The molecule has 1 amide bonds. The molecule has 0 fully saturated rings. The van der Waals surface area contributed by atoms with Crippen LogP contribution in [0.4, 0.5) is 11.4 Å². The van der Waals surface area contributed by atoms with Crippen LogP contribution in [0.2, 0.25) is 0 Å². The first kappa shape index (κ1) is 19.5. The van der Waals surface area contributed by atoms with E-state index in [1.54, 1.807) is 31.2 Å². The summed E-state index contributed by atoms with van der Waals surface area (Å²) in [5.41, 5.74) is 1.42. The third-order valence-electron chi connectivity index (χ3n) is 3.49. The van der Waals surface area contributed by atoms with E-state index in [9.17, 15) is 14.9 Å². The minimum Gasteiger partial charge on any atom is -0.493 e. The van der Waals surface area contributed by atoms with Crippen LogP contribution in [0.1, 0.15) is 11.1 Å². The number of hydrogen-bond acceptors (Lipinski definition) is 5. The van der Waals surface area contributed by atoms with Crippen LogP contribution in [0.3, 0.4) is 0 Å². The molecule has 0 saturated carbocycles. The SMILES string of the molecule is COc1cc(/C=C/C(=O)Nc2ccc(C)cc2[N+](=O)[O-])cc(Br)c1OC. The maximum absolute atomic E-state index is 12.1. The van der Waals surface area contributed by atoms with E-state index in [4.69, 9.17) is 9.47 Å². The molecular weight excluding hydrogens is 404 g/mol. The number of aryl methyl sites for hydroxylation is 1. The quantitative estimate of drug-likeness (QED) is 0.426. The van der Waals surface area contributed by atoms with Gasteiger partial charge in [0.25, 0.3) is 5.69 Å². The number of nitro groups is 1. The molecular formula is C18H17BrN2O5. The van der Waals surface area contributed by atoms with E-state index < -0.39 is 10.8 Å². The van der Waals surface area contributed by atoms with E-state index in [1.807, 2.05) is 0 Å². The number of carbonyl (C=O) groups excluding carboxylic acids is 1. The predicted octanol–water partition coefficient (Wildman–Crippen LogP) is 4.33. The van der Waals surface area contributed by atoms with Gasteiger partial charge in [0, 0.05) is 12.1 Å². The summed E-state index contributed by atoms with van der Waals surface area (Å²) in [4.78, 5) is 22.7. The van der Waals surface area contributed by atoms with Gasteiger partial charge in [0.2, 0.25) is 5.91 Å². The number of nitro benzene ring substituents is 1. The minimum atomic E-state index is -0.530. The lowest BCUT2D eigenvalue weighted by molar-refractivity contribution is -0.384. The predicted molar refractivity (Wildman–Crippen MR) is 103 cm³/mol. The number of halogens is 1. The molecule has 7 nitrogen and oxygen atoms in total. The third-order valence-corrected chi connectivity index (χ3v) is 4.08. The van der Waals surface area contributed by atoms with Crippen molar-refractivity contribution >= 4 is 39.3 Å². The summed E-state index contributed by atoms with van der Waals surface area (Å²) in [5, 5.41) is 13.6. The van der Waals surface area contributed by atoms with Gasteiger partial charge in [0.15, 0.2) is 11.5 Å². The molecule has 8 heteroatoms. The highest BCUT2D eigenvalue weighted by molar-refractivity contribution is 9.10. The smallest absolute Gasteiger partial charge is 0.293 e. The number of rotatable bonds is 6. The van der Waals surface area contributed by atoms with Gasteiger partial charge < -0.3 is 14.8 Å². The van der Waals surface area contributed by atoms with Gasteiger partial charge in [-0.15, -0.1) is 0 Å². The number of methoxy groups -OCH3 is 2. The monoisotopic (exact) mass is 420 g/mol. The van der Waals surface area contributed by atoms with Gasteiger partial charge in [-0.1, -0.05) is 6.07 Å². The van der Waals surface area contributed by atoms with E-state index in [2.05, 4.69) is 21.2 Å². The van der Waals surface area contributed by atoms with E-state index in [0.29, 0.717) is 21.5 Å². The second-order valence-electron chi connectivity index (χ2n) is 5.34. The molecule has 0 unspecified atom stereocenters. The van der Waals surface area contributed by atoms with Gasteiger partial charge in [-0.2, -0.15) is 0 Å². The molecule has 0 bridgehead atoms. The van der Waals surface area contributed by atoms with Crippen molar-refractivity contribution in [3.8, 4) is 11.5 Å². The van der Waals surface area contributed by atoms with E-state index in [0.717, 1.165) is 5.56 Å². The molecule has 0 atom stereocenters. The molecule has 0 aliphatic carbocycles. The molecule has 136 valence electrons. The molecule has 0 spiro atoms. The first-order valence-corrected chi connectivity index (χ1v) is 8.30. The van der Waals surface area contributed by atoms with Crippen LogP contribution >= 0.6 is 15.9 Å². The average molecular weight is 421 g/mol. The zero-order valence-electron chi connectivity index (χ0n) is 14.4. The number of benzene rings is 2. The molecule has 0 saturated heterocycles. The molecule has 0 aliphatic rings. The van der Waals surface area contributed by atoms with Crippen molar-refractivity contribution in [3.05, 3.63) is 62.1 Å². The van der Waals surface area contributed by atoms with Crippen LogP contribution < -0.4 is 14.8 Å². The van der Waals surface area contributed by atoms with Gasteiger partial charge in [0.05, 0.1) is 23.6 Å². The molecule has 2 aromatic rings. The maximum atomic E-state index is 12.1. The normalized spacial score (nSPS) is 10.6. The van der Waals surface area contributed by atoms with E-state index in [-0.39, 0.29) is 11.4 Å². The highest BCUT2D eigenvalue weighted by Gasteiger charge is 2.15. The number of nitrogens with one attached hydrogen (secondary N) is 1. The third kappa shape index (κ3) is 4.60. The first-order valence-electron chi connectivity index (χ1n) is 7.51. The molecule has 0 aliphatic heterocycles. The van der Waals surface area contributed by atoms with Crippen molar-refractivity contribution in [2.24, 2.45) is 0 Å². The van der Waals surface area contributed by atoms with Crippen LogP contribution in [0.25, 0.3) is 6.08 Å². The zero-order valence-corrected chi connectivity index (χ0v) is 16.0. The number of carbonyl (C=O) groups is 1. The van der Waals surface area contributed by atoms with Crippen molar-refractivity contribution < 1.29 is 19.2 Å². The van der Waals surface area contributed by atoms with Crippen LogP contribution in [0.5, 0.6) is 11.5 Å². The lowest BCUT2D eigenvalue weighted by atomic mass is 10.1. The summed E-state index contributed by atoms with van der Waals surface area (Å²) >= 11 is 3.38. The van der Waals surface area contributed by atoms with Crippen molar-refractivity contribution in [1.29, 1.82) is 0 Å². The molecule has 0 heterocycles. The summed E-state index contributed by atoms with van der Waals surface area (Å²) in [6, 6.07) is 8.08. The molecule has 0 radical (unpaired) electrons. The molecule has 0 aromatic heterocycles. The Labute approximate surface area is 158 Å². The van der Waals surface area contributed by atoms with Crippen molar-refractivity contribution in [2.75, 3.05) is 19.5 Å². The molecule has 1 N–H and O–H groups in total. The highest BCUT2D eigenvalue weighted by Crippen LogP contribution is 2.36. The molecule has 26 heavy (non-hydrogen) atoms. The van der Waals surface area contributed by atoms with Crippen molar-refractivity contribution in [3.63, 3.8) is 0 Å². The Bertz CT molecular complexity index is 880. The summed E-state index contributed by atoms with van der Waals surface area (Å²) in [5.74, 6) is 0.573. The topological polar surface area (TPSA) is 90.7 Å². The average Bonchev–Trinajstić information content (AvgIpc) is 2.60. The first-order chi connectivity index (χ1) is 12.3. The van der Waals surface area contributed by atoms with Crippen molar-refractivity contribution in [2.45, 2.75) is 6.92 Å². The Morgan fingerprint density at radius 3 is 2.58 bits per heavy atom. The fraction of sp³-hybridized carbons (Fsp3) is 0.167. The van der Waals surface area contributed by atoms with E-state index >= 15 is 0 Å². The van der Waals surface area contributed by atoms with Crippen LogP contribution in [-0.2, 0) is 4.79 Å². The highest BCUT2D eigenvalue weighted by atomic mass is 79.9. The Hall–Kier alpha value is -2.87. The second kappa shape index (κ2) is 8.48. The zero-order chi connectivity index (χ0) is 19.3. The standard InChI is InChI=1S/C18H17BrN2O5/c1-11-4-6-14(15(8-11)21(23)24)20-17(22)7-5-12-9-13(19)18(26-3)16(10-12)25-2/h4-10H,1-3H3,(H,20,22)/b7-5+.